The molecule has 0 unspecified atom stereocenters. The molecule has 0 aliphatic rings. The SMILES string of the molecule is CCOc1nc(NN)nc(Sc2nc(N)cc(N)n2)n1. The molecule has 0 spiro atoms. The molecule has 0 radical (unpaired) electrons. The number of rotatable bonds is 5. The van der Waals surface area contributed by atoms with Gasteiger partial charge in [0.1, 0.15) is 11.6 Å². The summed E-state index contributed by atoms with van der Waals surface area (Å²) in [5.41, 5.74) is 13.5. The molecule has 0 aliphatic heterocycles. The van der Waals surface area contributed by atoms with Gasteiger partial charge in [-0.2, -0.15) is 15.0 Å². The van der Waals surface area contributed by atoms with Crippen molar-refractivity contribution in [2.45, 2.75) is 17.2 Å². The maximum absolute atomic E-state index is 5.59. The van der Waals surface area contributed by atoms with Crippen LogP contribution < -0.4 is 27.5 Å². The largest absolute Gasteiger partial charge is 0.464 e. The minimum atomic E-state index is 0.148. The van der Waals surface area contributed by atoms with Gasteiger partial charge in [0.25, 0.3) is 0 Å². The van der Waals surface area contributed by atoms with E-state index in [0.29, 0.717) is 16.9 Å². The molecule has 11 heteroatoms. The summed E-state index contributed by atoms with van der Waals surface area (Å²) in [5, 5.41) is 0.625. The average Bonchev–Trinajstić information content (AvgIpc) is 2.37. The third kappa shape index (κ3) is 3.55. The van der Waals surface area contributed by atoms with Crippen molar-refractivity contribution < 1.29 is 4.74 Å². The van der Waals surface area contributed by atoms with Gasteiger partial charge in [0, 0.05) is 6.07 Å². The highest BCUT2D eigenvalue weighted by atomic mass is 32.2. The van der Waals surface area contributed by atoms with Crippen molar-refractivity contribution in [1.82, 2.24) is 24.9 Å². The van der Waals surface area contributed by atoms with Gasteiger partial charge in [0.15, 0.2) is 5.16 Å². The highest BCUT2D eigenvalue weighted by Crippen LogP contribution is 2.24. The molecule has 0 saturated carbocycles. The monoisotopic (exact) mass is 295 g/mol. The lowest BCUT2D eigenvalue weighted by atomic mass is 10.5. The van der Waals surface area contributed by atoms with E-state index in [4.69, 9.17) is 22.0 Å². The van der Waals surface area contributed by atoms with E-state index in [0.717, 1.165) is 11.8 Å². The van der Waals surface area contributed by atoms with E-state index in [9.17, 15) is 0 Å². The Hall–Kier alpha value is -2.40. The maximum atomic E-state index is 5.59. The van der Waals surface area contributed by atoms with Crippen LogP contribution in [0.3, 0.4) is 0 Å². The summed E-state index contributed by atoms with van der Waals surface area (Å²) in [7, 11) is 0. The summed E-state index contributed by atoms with van der Waals surface area (Å²) >= 11 is 1.07. The van der Waals surface area contributed by atoms with Crippen molar-refractivity contribution in [2.24, 2.45) is 5.84 Å². The lowest BCUT2D eigenvalue weighted by molar-refractivity contribution is 0.308. The molecule has 7 N–H and O–H groups in total. The molecule has 20 heavy (non-hydrogen) atoms. The summed E-state index contributed by atoms with van der Waals surface area (Å²) in [4.78, 5) is 20.1. The summed E-state index contributed by atoms with van der Waals surface area (Å²) in [6, 6.07) is 1.60. The lowest BCUT2D eigenvalue weighted by Gasteiger charge is -2.06. The molecular formula is C9H13N9OS. The Kier molecular flexibility index (Phi) is 4.32. The zero-order chi connectivity index (χ0) is 14.5. The second kappa shape index (κ2) is 6.16. The summed E-state index contributed by atoms with van der Waals surface area (Å²) < 4.78 is 5.21. The first kappa shape index (κ1) is 14.0. The van der Waals surface area contributed by atoms with Crippen LogP contribution in [0.15, 0.2) is 16.4 Å². The summed E-state index contributed by atoms with van der Waals surface area (Å²) in [6.45, 7) is 2.23. The predicted octanol–water partition coefficient (Wildman–Crippen LogP) is -0.338. The van der Waals surface area contributed by atoms with E-state index in [-0.39, 0.29) is 23.6 Å². The Morgan fingerprint density at radius 1 is 1.10 bits per heavy atom. The smallest absolute Gasteiger partial charge is 0.322 e. The van der Waals surface area contributed by atoms with Gasteiger partial charge in [-0.25, -0.2) is 15.8 Å². The second-order valence-corrected chi connectivity index (χ2v) is 4.34. The number of nitrogens with zero attached hydrogens (tertiary/aromatic N) is 5. The van der Waals surface area contributed by atoms with Crippen LogP contribution in [0.25, 0.3) is 0 Å². The minimum absolute atomic E-state index is 0.148. The number of hydrogen-bond acceptors (Lipinski definition) is 11. The summed E-state index contributed by atoms with van der Waals surface area (Å²) in [5.74, 6) is 5.98. The second-order valence-electron chi connectivity index (χ2n) is 3.40. The van der Waals surface area contributed by atoms with E-state index >= 15 is 0 Å². The molecule has 0 fully saturated rings. The zero-order valence-corrected chi connectivity index (χ0v) is 11.4. The van der Waals surface area contributed by atoms with Crippen molar-refractivity contribution in [3.8, 4) is 6.01 Å². The number of hydrogen-bond donors (Lipinski definition) is 4. The normalized spacial score (nSPS) is 10.3. The molecule has 0 aliphatic carbocycles. The van der Waals surface area contributed by atoms with E-state index in [2.05, 4.69) is 30.3 Å². The molecular weight excluding hydrogens is 282 g/mol. The topological polar surface area (TPSA) is 164 Å². The molecule has 2 rings (SSSR count). The van der Waals surface area contributed by atoms with Gasteiger partial charge in [0.2, 0.25) is 11.1 Å². The first-order chi connectivity index (χ1) is 9.60. The van der Waals surface area contributed by atoms with Crippen molar-refractivity contribution in [2.75, 3.05) is 23.5 Å². The van der Waals surface area contributed by atoms with Gasteiger partial charge >= 0.3 is 6.01 Å². The average molecular weight is 295 g/mol. The molecule has 0 aromatic carbocycles. The van der Waals surface area contributed by atoms with Crippen molar-refractivity contribution >= 4 is 29.3 Å². The Morgan fingerprint density at radius 2 is 1.75 bits per heavy atom. The number of nitrogens with one attached hydrogen (secondary N) is 1. The molecule has 2 aromatic rings. The fourth-order valence-corrected chi connectivity index (χ4v) is 1.95. The first-order valence-corrected chi connectivity index (χ1v) is 6.35. The quantitative estimate of drug-likeness (QED) is 0.324. The third-order valence-electron chi connectivity index (χ3n) is 1.92. The highest BCUT2D eigenvalue weighted by Gasteiger charge is 2.11. The summed E-state index contributed by atoms with van der Waals surface area (Å²) in [6.07, 6.45) is 0. The van der Waals surface area contributed by atoms with Crippen molar-refractivity contribution in [1.29, 1.82) is 0 Å². The van der Waals surface area contributed by atoms with Crippen LogP contribution in [-0.4, -0.2) is 31.5 Å². The van der Waals surface area contributed by atoms with Crippen LogP contribution in [0.1, 0.15) is 6.92 Å². The number of nitrogens with two attached hydrogens (primary N) is 3. The molecule has 2 heterocycles. The first-order valence-electron chi connectivity index (χ1n) is 5.54. The van der Waals surface area contributed by atoms with Gasteiger partial charge in [-0.1, -0.05) is 0 Å². The Labute approximate surface area is 118 Å². The van der Waals surface area contributed by atoms with Crippen LogP contribution in [0.5, 0.6) is 6.01 Å². The molecule has 0 amide bonds. The van der Waals surface area contributed by atoms with Gasteiger partial charge in [-0.05, 0) is 18.7 Å². The number of aromatic nitrogens is 5. The van der Waals surface area contributed by atoms with E-state index < -0.39 is 0 Å². The van der Waals surface area contributed by atoms with E-state index in [1.54, 1.807) is 0 Å². The van der Waals surface area contributed by atoms with Gasteiger partial charge < -0.3 is 16.2 Å². The molecule has 0 bridgehead atoms. The molecule has 0 atom stereocenters. The Morgan fingerprint density at radius 3 is 2.35 bits per heavy atom. The molecule has 2 aromatic heterocycles. The third-order valence-corrected chi connectivity index (χ3v) is 2.66. The minimum Gasteiger partial charge on any atom is -0.464 e. The number of ether oxygens (including phenoxy) is 1. The number of anilines is 3. The van der Waals surface area contributed by atoms with Crippen LogP contribution in [0.4, 0.5) is 17.6 Å². The van der Waals surface area contributed by atoms with E-state index in [1.807, 2.05) is 6.92 Å². The van der Waals surface area contributed by atoms with Crippen LogP contribution >= 0.6 is 11.8 Å². The Balaban J connectivity index is 2.29. The van der Waals surface area contributed by atoms with E-state index in [1.165, 1.54) is 6.07 Å². The van der Waals surface area contributed by atoms with Gasteiger partial charge in [-0.3, -0.25) is 5.43 Å². The highest BCUT2D eigenvalue weighted by molar-refractivity contribution is 7.99. The number of hydrazine groups is 1. The van der Waals surface area contributed by atoms with Crippen LogP contribution in [0, 0.1) is 0 Å². The zero-order valence-electron chi connectivity index (χ0n) is 10.6. The fourth-order valence-electron chi connectivity index (χ4n) is 1.23. The van der Waals surface area contributed by atoms with Gasteiger partial charge in [0.05, 0.1) is 6.61 Å². The van der Waals surface area contributed by atoms with Crippen molar-refractivity contribution in [3.05, 3.63) is 6.07 Å². The van der Waals surface area contributed by atoms with Crippen LogP contribution in [-0.2, 0) is 0 Å². The predicted molar refractivity (Wildman–Crippen MR) is 73.8 cm³/mol. The number of nitrogen functional groups attached to an aromatic ring is 3. The van der Waals surface area contributed by atoms with Crippen molar-refractivity contribution in [3.63, 3.8) is 0 Å². The van der Waals surface area contributed by atoms with Gasteiger partial charge in [-0.15, -0.1) is 0 Å². The lowest BCUT2D eigenvalue weighted by Crippen LogP contribution is -2.13. The van der Waals surface area contributed by atoms with Crippen LogP contribution in [0.2, 0.25) is 0 Å². The Bertz CT molecular complexity index is 588. The molecule has 106 valence electrons. The standard InChI is InChI=1S/C9H13N9OS/c1-2-19-7-15-6(18-12)16-9(17-7)20-8-13-4(10)3-5(11)14-8/h3H,2,12H2,1H3,(H4,10,11,13,14)(H,15,16,17,18). The molecule has 10 nitrogen and oxygen atoms in total. The maximum Gasteiger partial charge on any atom is 0.322 e. The fraction of sp³-hybridized carbons (Fsp3) is 0.222. The molecule has 0 saturated heterocycles.